The molecule has 1 aliphatic heterocycles. The van der Waals surface area contributed by atoms with E-state index in [2.05, 4.69) is 15.2 Å². The SMILES string of the molecule is Cc1ccsc1C(=O)N[C@H]1CCCN(c2ccccn2)C1. The number of amides is 1. The number of rotatable bonds is 3. The second kappa shape index (κ2) is 6.26. The average molecular weight is 301 g/mol. The summed E-state index contributed by atoms with van der Waals surface area (Å²) in [5.41, 5.74) is 1.05. The third-order valence-electron chi connectivity index (χ3n) is 3.80. The molecule has 0 aromatic carbocycles. The van der Waals surface area contributed by atoms with Crippen LogP contribution in [0.3, 0.4) is 0 Å². The number of pyridine rings is 1. The number of hydrogen-bond acceptors (Lipinski definition) is 4. The van der Waals surface area contributed by atoms with Crippen molar-refractivity contribution in [1.29, 1.82) is 0 Å². The van der Waals surface area contributed by atoms with Gasteiger partial charge < -0.3 is 10.2 Å². The van der Waals surface area contributed by atoms with E-state index in [9.17, 15) is 4.79 Å². The number of nitrogens with one attached hydrogen (secondary N) is 1. The molecule has 0 unspecified atom stereocenters. The summed E-state index contributed by atoms with van der Waals surface area (Å²) in [7, 11) is 0. The van der Waals surface area contributed by atoms with E-state index in [1.54, 1.807) is 0 Å². The monoisotopic (exact) mass is 301 g/mol. The zero-order chi connectivity index (χ0) is 14.7. The fourth-order valence-electron chi connectivity index (χ4n) is 2.70. The molecular weight excluding hydrogens is 282 g/mol. The lowest BCUT2D eigenvalue weighted by atomic mass is 10.1. The van der Waals surface area contributed by atoms with E-state index in [1.807, 2.05) is 42.8 Å². The van der Waals surface area contributed by atoms with Gasteiger partial charge in [-0.25, -0.2) is 4.98 Å². The maximum Gasteiger partial charge on any atom is 0.261 e. The van der Waals surface area contributed by atoms with Gasteiger partial charge in [0.25, 0.3) is 5.91 Å². The number of nitrogens with zero attached hydrogens (tertiary/aromatic N) is 2. The second-order valence-corrected chi connectivity index (χ2v) is 6.30. The van der Waals surface area contributed by atoms with Crippen LogP contribution < -0.4 is 10.2 Å². The Labute approximate surface area is 128 Å². The van der Waals surface area contributed by atoms with E-state index in [0.29, 0.717) is 0 Å². The lowest BCUT2D eigenvalue weighted by Gasteiger charge is -2.33. The maximum atomic E-state index is 12.3. The predicted octanol–water partition coefficient (Wildman–Crippen LogP) is 2.85. The fourth-order valence-corrected chi connectivity index (χ4v) is 3.53. The van der Waals surface area contributed by atoms with Crippen LogP contribution in [-0.2, 0) is 0 Å². The summed E-state index contributed by atoms with van der Waals surface area (Å²) in [5, 5.41) is 5.13. The first-order valence-corrected chi connectivity index (χ1v) is 8.13. The van der Waals surface area contributed by atoms with Gasteiger partial charge in [0.05, 0.1) is 4.88 Å². The molecule has 1 amide bonds. The van der Waals surface area contributed by atoms with Crippen LogP contribution in [0.15, 0.2) is 35.8 Å². The summed E-state index contributed by atoms with van der Waals surface area (Å²) in [6.07, 6.45) is 3.91. The summed E-state index contributed by atoms with van der Waals surface area (Å²) in [4.78, 5) is 19.8. The minimum Gasteiger partial charge on any atom is -0.355 e. The molecule has 1 aliphatic rings. The molecule has 21 heavy (non-hydrogen) atoms. The third-order valence-corrected chi connectivity index (χ3v) is 4.81. The number of anilines is 1. The number of carbonyl (C=O) groups excluding carboxylic acids is 1. The molecule has 0 saturated carbocycles. The van der Waals surface area contributed by atoms with E-state index in [0.717, 1.165) is 42.2 Å². The molecule has 2 aromatic heterocycles. The molecule has 2 aromatic rings. The van der Waals surface area contributed by atoms with Crippen LogP contribution in [-0.4, -0.2) is 30.0 Å². The van der Waals surface area contributed by atoms with E-state index in [1.165, 1.54) is 11.3 Å². The van der Waals surface area contributed by atoms with Crippen molar-refractivity contribution in [2.75, 3.05) is 18.0 Å². The lowest BCUT2D eigenvalue weighted by molar-refractivity contribution is 0.0936. The molecule has 0 spiro atoms. The van der Waals surface area contributed by atoms with Gasteiger partial charge in [0.1, 0.15) is 5.82 Å². The van der Waals surface area contributed by atoms with Crippen molar-refractivity contribution in [3.63, 3.8) is 0 Å². The van der Waals surface area contributed by atoms with Gasteiger partial charge in [-0.15, -0.1) is 11.3 Å². The quantitative estimate of drug-likeness (QED) is 0.948. The number of thiophene rings is 1. The number of carbonyl (C=O) groups is 1. The highest BCUT2D eigenvalue weighted by Crippen LogP contribution is 2.19. The zero-order valence-corrected chi connectivity index (χ0v) is 12.9. The molecule has 110 valence electrons. The molecule has 4 nitrogen and oxygen atoms in total. The Bertz CT molecular complexity index is 611. The summed E-state index contributed by atoms with van der Waals surface area (Å²) in [5.74, 6) is 1.04. The number of hydrogen-bond donors (Lipinski definition) is 1. The van der Waals surface area contributed by atoms with Gasteiger partial charge in [-0.05, 0) is 48.9 Å². The number of piperidine rings is 1. The fraction of sp³-hybridized carbons (Fsp3) is 0.375. The van der Waals surface area contributed by atoms with Gasteiger partial charge in [-0.1, -0.05) is 6.07 Å². The third kappa shape index (κ3) is 3.24. The predicted molar refractivity (Wildman–Crippen MR) is 86.0 cm³/mol. The van der Waals surface area contributed by atoms with Crippen LogP contribution in [0.1, 0.15) is 28.1 Å². The van der Waals surface area contributed by atoms with Crippen molar-refractivity contribution < 1.29 is 4.79 Å². The second-order valence-electron chi connectivity index (χ2n) is 5.38. The Balaban J connectivity index is 1.64. The molecule has 1 N–H and O–H groups in total. The van der Waals surface area contributed by atoms with Gasteiger partial charge in [-0.3, -0.25) is 4.79 Å². The zero-order valence-electron chi connectivity index (χ0n) is 12.1. The molecule has 1 atom stereocenters. The van der Waals surface area contributed by atoms with Gasteiger partial charge >= 0.3 is 0 Å². The van der Waals surface area contributed by atoms with Crippen LogP contribution in [0.2, 0.25) is 0 Å². The van der Waals surface area contributed by atoms with Crippen molar-refractivity contribution in [2.45, 2.75) is 25.8 Å². The Kier molecular flexibility index (Phi) is 4.20. The molecule has 0 aliphatic carbocycles. The van der Waals surface area contributed by atoms with Crippen molar-refractivity contribution >= 4 is 23.1 Å². The Hall–Kier alpha value is -1.88. The molecule has 1 fully saturated rings. The molecule has 0 bridgehead atoms. The molecule has 1 saturated heterocycles. The van der Waals surface area contributed by atoms with Gasteiger partial charge in [-0.2, -0.15) is 0 Å². The van der Waals surface area contributed by atoms with Crippen LogP contribution in [0.25, 0.3) is 0 Å². The van der Waals surface area contributed by atoms with Crippen LogP contribution >= 0.6 is 11.3 Å². The van der Waals surface area contributed by atoms with E-state index in [4.69, 9.17) is 0 Å². The van der Waals surface area contributed by atoms with E-state index in [-0.39, 0.29) is 11.9 Å². The highest BCUT2D eigenvalue weighted by atomic mass is 32.1. The topological polar surface area (TPSA) is 45.2 Å². The molecule has 3 rings (SSSR count). The van der Waals surface area contributed by atoms with Crippen molar-refractivity contribution in [2.24, 2.45) is 0 Å². The average Bonchev–Trinajstić information content (AvgIpc) is 2.95. The van der Waals surface area contributed by atoms with Gasteiger partial charge in [0.15, 0.2) is 0 Å². The summed E-state index contributed by atoms with van der Waals surface area (Å²) < 4.78 is 0. The minimum absolute atomic E-state index is 0.0513. The Morgan fingerprint density at radius 1 is 1.43 bits per heavy atom. The van der Waals surface area contributed by atoms with Crippen LogP contribution in [0.5, 0.6) is 0 Å². The first-order chi connectivity index (χ1) is 10.2. The minimum atomic E-state index is 0.0513. The largest absolute Gasteiger partial charge is 0.355 e. The lowest BCUT2D eigenvalue weighted by Crippen LogP contribution is -2.48. The normalized spacial score (nSPS) is 18.5. The summed E-state index contributed by atoms with van der Waals surface area (Å²) in [6.45, 7) is 3.81. The Morgan fingerprint density at radius 3 is 3.05 bits per heavy atom. The number of aryl methyl sites for hydroxylation is 1. The number of aromatic nitrogens is 1. The van der Waals surface area contributed by atoms with Crippen LogP contribution in [0, 0.1) is 6.92 Å². The molecular formula is C16H19N3OS. The van der Waals surface area contributed by atoms with E-state index >= 15 is 0 Å². The van der Waals surface area contributed by atoms with Gasteiger partial charge in [0, 0.05) is 25.3 Å². The smallest absolute Gasteiger partial charge is 0.261 e. The maximum absolute atomic E-state index is 12.3. The van der Waals surface area contributed by atoms with Crippen molar-refractivity contribution in [3.05, 3.63) is 46.3 Å². The highest BCUT2D eigenvalue weighted by Gasteiger charge is 2.23. The van der Waals surface area contributed by atoms with Gasteiger partial charge in [0.2, 0.25) is 0 Å². The first kappa shape index (κ1) is 14.1. The highest BCUT2D eigenvalue weighted by molar-refractivity contribution is 7.12. The first-order valence-electron chi connectivity index (χ1n) is 7.25. The molecule has 0 radical (unpaired) electrons. The van der Waals surface area contributed by atoms with Crippen LogP contribution in [0.4, 0.5) is 5.82 Å². The molecule has 3 heterocycles. The summed E-state index contributed by atoms with van der Waals surface area (Å²) >= 11 is 1.51. The van der Waals surface area contributed by atoms with Crippen molar-refractivity contribution in [3.8, 4) is 0 Å². The Morgan fingerprint density at radius 2 is 2.33 bits per heavy atom. The summed E-state index contributed by atoms with van der Waals surface area (Å²) in [6, 6.07) is 8.12. The van der Waals surface area contributed by atoms with Crippen molar-refractivity contribution in [1.82, 2.24) is 10.3 Å². The molecule has 5 heteroatoms. The van der Waals surface area contributed by atoms with E-state index < -0.39 is 0 Å². The standard InChI is InChI=1S/C16H19N3OS/c1-12-7-10-21-15(12)16(20)18-13-5-4-9-19(11-13)14-6-2-3-8-17-14/h2-3,6-8,10,13H,4-5,9,11H2,1H3,(H,18,20)/t13-/m0/s1.